The number of benzene rings is 3. The number of carbonyl (C=O) groups is 1. The smallest absolute Gasteiger partial charge is 0.261 e. The van der Waals surface area contributed by atoms with Crippen LogP contribution in [0, 0.1) is 20.7 Å². The first-order chi connectivity index (χ1) is 17.0. The molecule has 3 rings (SSSR count). The molecule has 0 unspecified atom stereocenters. The van der Waals surface area contributed by atoms with Crippen LogP contribution in [-0.4, -0.2) is 19.1 Å². The molecular formula is C28H26FIN2O3. The summed E-state index contributed by atoms with van der Waals surface area (Å²) < 4.78 is 25.6. The molecule has 3 aromatic carbocycles. The third-order valence-electron chi connectivity index (χ3n) is 5.07. The fraction of sp³-hybridized carbons (Fsp3) is 0.214. The maximum absolute atomic E-state index is 13.2. The van der Waals surface area contributed by atoms with E-state index in [1.165, 1.54) is 17.7 Å². The summed E-state index contributed by atoms with van der Waals surface area (Å²) in [4.78, 5) is 12.5. The molecule has 0 aliphatic rings. The van der Waals surface area contributed by atoms with Gasteiger partial charge >= 0.3 is 0 Å². The van der Waals surface area contributed by atoms with Crippen molar-refractivity contribution in [3.05, 3.63) is 98.4 Å². The van der Waals surface area contributed by atoms with Gasteiger partial charge in [-0.15, -0.1) is 0 Å². The number of nitrogens with one attached hydrogen (secondary N) is 1. The van der Waals surface area contributed by atoms with E-state index in [2.05, 4.69) is 27.9 Å². The second kappa shape index (κ2) is 13.5. The van der Waals surface area contributed by atoms with Crippen LogP contribution in [0.3, 0.4) is 0 Å². The van der Waals surface area contributed by atoms with Gasteiger partial charge in [0.15, 0.2) is 11.5 Å². The lowest BCUT2D eigenvalue weighted by atomic mass is 10.1. The summed E-state index contributed by atoms with van der Waals surface area (Å²) >= 11 is 2.13. The van der Waals surface area contributed by atoms with Crippen LogP contribution in [0.4, 0.5) is 4.39 Å². The predicted octanol–water partition coefficient (Wildman–Crippen LogP) is 6.06. The first-order valence-electron chi connectivity index (χ1n) is 11.3. The topological polar surface area (TPSA) is 71.3 Å². The highest BCUT2D eigenvalue weighted by molar-refractivity contribution is 14.1. The van der Waals surface area contributed by atoms with E-state index in [0.717, 1.165) is 22.0 Å². The van der Waals surface area contributed by atoms with Gasteiger partial charge in [-0.05, 0) is 89.4 Å². The molecule has 0 saturated carbocycles. The number of nitriles is 1. The Morgan fingerprint density at radius 3 is 2.51 bits per heavy atom. The monoisotopic (exact) mass is 584 g/mol. The van der Waals surface area contributed by atoms with Crippen LogP contribution in [-0.2, 0) is 17.8 Å². The van der Waals surface area contributed by atoms with Crippen LogP contribution in [0.5, 0.6) is 11.5 Å². The molecule has 0 aliphatic carbocycles. The molecule has 35 heavy (non-hydrogen) atoms. The van der Waals surface area contributed by atoms with Crippen LogP contribution in [0.25, 0.3) is 6.08 Å². The predicted molar refractivity (Wildman–Crippen MR) is 142 cm³/mol. The average molecular weight is 584 g/mol. The summed E-state index contributed by atoms with van der Waals surface area (Å²) in [5.74, 6) is 0.347. The molecule has 0 heterocycles. The van der Waals surface area contributed by atoms with Gasteiger partial charge in [0.25, 0.3) is 5.91 Å². The van der Waals surface area contributed by atoms with E-state index in [1.807, 2.05) is 49.4 Å². The second-order valence-corrected chi connectivity index (χ2v) is 8.86. The molecule has 0 bridgehead atoms. The van der Waals surface area contributed by atoms with E-state index in [0.29, 0.717) is 30.2 Å². The van der Waals surface area contributed by atoms with Crippen LogP contribution in [0.2, 0.25) is 0 Å². The number of rotatable bonds is 11. The maximum atomic E-state index is 13.2. The van der Waals surface area contributed by atoms with Crippen molar-refractivity contribution in [3.8, 4) is 17.6 Å². The van der Waals surface area contributed by atoms with Crippen molar-refractivity contribution in [2.24, 2.45) is 0 Å². The summed E-state index contributed by atoms with van der Waals surface area (Å²) in [6, 6.07) is 21.7. The lowest BCUT2D eigenvalue weighted by molar-refractivity contribution is -0.117. The molecule has 1 amide bonds. The molecule has 0 fully saturated rings. The van der Waals surface area contributed by atoms with Crippen LogP contribution >= 0.6 is 22.6 Å². The first kappa shape index (κ1) is 26.2. The summed E-state index contributed by atoms with van der Waals surface area (Å²) in [6.07, 6.45) is 3.17. The van der Waals surface area contributed by atoms with Gasteiger partial charge in [0.05, 0.1) is 10.2 Å². The lowest BCUT2D eigenvalue weighted by Gasteiger charge is -2.15. The highest BCUT2D eigenvalue weighted by Gasteiger charge is 2.14. The van der Waals surface area contributed by atoms with E-state index in [9.17, 15) is 14.4 Å². The summed E-state index contributed by atoms with van der Waals surface area (Å²) in [5, 5.41) is 12.4. The van der Waals surface area contributed by atoms with Crippen molar-refractivity contribution >= 4 is 34.6 Å². The minimum absolute atomic E-state index is 0.0166. The number of aryl methyl sites for hydroxylation is 1. The highest BCUT2D eigenvalue weighted by atomic mass is 127. The molecular weight excluding hydrogens is 558 g/mol. The van der Waals surface area contributed by atoms with Crippen molar-refractivity contribution in [2.45, 2.75) is 26.4 Å². The summed E-state index contributed by atoms with van der Waals surface area (Å²) in [6.45, 7) is 3.01. The second-order valence-electron chi connectivity index (χ2n) is 7.69. The Labute approximate surface area is 218 Å². The number of carbonyl (C=O) groups excluding carboxylic acids is 1. The Hall–Kier alpha value is -3.38. The van der Waals surface area contributed by atoms with Crippen molar-refractivity contribution < 1.29 is 18.7 Å². The number of hydrogen-bond acceptors (Lipinski definition) is 4. The molecule has 0 atom stereocenters. The van der Waals surface area contributed by atoms with Gasteiger partial charge in [-0.2, -0.15) is 5.26 Å². The SMILES string of the molecule is CCOc1cc(/C=C(/C#N)C(=O)NCCCc2ccccc2)cc(I)c1OCc1ccc(F)cc1. The van der Waals surface area contributed by atoms with Crippen LogP contribution < -0.4 is 14.8 Å². The molecule has 180 valence electrons. The van der Waals surface area contributed by atoms with Gasteiger partial charge in [-0.3, -0.25) is 4.79 Å². The number of hydrogen-bond donors (Lipinski definition) is 1. The van der Waals surface area contributed by atoms with Gasteiger partial charge in [0.1, 0.15) is 24.1 Å². The summed E-state index contributed by atoms with van der Waals surface area (Å²) in [5.41, 5.74) is 2.70. The van der Waals surface area contributed by atoms with Crippen LogP contribution in [0.1, 0.15) is 30.0 Å². The quantitative estimate of drug-likeness (QED) is 0.129. The van der Waals surface area contributed by atoms with E-state index in [-0.39, 0.29) is 18.0 Å². The molecule has 7 heteroatoms. The molecule has 0 aromatic heterocycles. The lowest BCUT2D eigenvalue weighted by Crippen LogP contribution is -2.25. The minimum atomic E-state index is -0.412. The van der Waals surface area contributed by atoms with E-state index >= 15 is 0 Å². The Kier molecular flexibility index (Phi) is 10.1. The third kappa shape index (κ3) is 8.11. The van der Waals surface area contributed by atoms with Gasteiger partial charge < -0.3 is 14.8 Å². The van der Waals surface area contributed by atoms with Gasteiger partial charge in [0, 0.05) is 6.54 Å². The molecule has 0 saturated heterocycles. The number of nitrogens with zero attached hydrogens (tertiary/aromatic N) is 1. The van der Waals surface area contributed by atoms with E-state index < -0.39 is 5.91 Å². The molecule has 0 radical (unpaired) electrons. The van der Waals surface area contributed by atoms with E-state index in [1.54, 1.807) is 24.3 Å². The minimum Gasteiger partial charge on any atom is -0.490 e. The fourth-order valence-electron chi connectivity index (χ4n) is 3.36. The van der Waals surface area contributed by atoms with Crippen molar-refractivity contribution in [1.82, 2.24) is 5.32 Å². The Bertz CT molecular complexity index is 1210. The zero-order valence-corrected chi connectivity index (χ0v) is 21.5. The molecule has 3 aromatic rings. The average Bonchev–Trinajstić information content (AvgIpc) is 2.86. The standard InChI is InChI=1S/C28H26FIN2O3/c1-2-34-26-17-22(16-25(30)27(26)35-19-21-10-12-24(29)13-11-21)15-23(18-31)28(33)32-14-6-9-20-7-4-3-5-8-20/h3-5,7-8,10-13,15-17H,2,6,9,14,19H2,1H3,(H,32,33)/b23-15-. The molecule has 0 spiro atoms. The first-order valence-corrected chi connectivity index (χ1v) is 12.4. The third-order valence-corrected chi connectivity index (χ3v) is 5.88. The van der Waals surface area contributed by atoms with Crippen molar-refractivity contribution in [3.63, 3.8) is 0 Å². The molecule has 1 N–H and O–H groups in total. The van der Waals surface area contributed by atoms with Crippen LogP contribution in [0.15, 0.2) is 72.3 Å². The highest BCUT2D eigenvalue weighted by Crippen LogP contribution is 2.35. The Morgan fingerprint density at radius 1 is 1.09 bits per heavy atom. The Balaban J connectivity index is 1.68. The number of ether oxygens (including phenoxy) is 2. The molecule has 5 nitrogen and oxygen atoms in total. The van der Waals surface area contributed by atoms with Gasteiger partial charge in [-0.25, -0.2) is 4.39 Å². The largest absolute Gasteiger partial charge is 0.490 e. The van der Waals surface area contributed by atoms with Gasteiger partial charge in [-0.1, -0.05) is 42.5 Å². The zero-order valence-electron chi connectivity index (χ0n) is 19.4. The fourth-order valence-corrected chi connectivity index (χ4v) is 4.14. The molecule has 0 aliphatic heterocycles. The summed E-state index contributed by atoms with van der Waals surface area (Å²) in [7, 11) is 0. The normalized spacial score (nSPS) is 11.0. The zero-order chi connectivity index (χ0) is 25.0. The number of halogens is 2. The van der Waals surface area contributed by atoms with Gasteiger partial charge in [0.2, 0.25) is 0 Å². The maximum Gasteiger partial charge on any atom is 0.261 e. The van der Waals surface area contributed by atoms with Crippen molar-refractivity contribution in [1.29, 1.82) is 5.26 Å². The van der Waals surface area contributed by atoms with E-state index in [4.69, 9.17) is 9.47 Å². The number of amides is 1. The Morgan fingerprint density at radius 2 is 1.83 bits per heavy atom. The van der Waals surface area contributed by atoms with Crippen molar-refractivity contribution in [2.75, 3.05) is 13.2 Å².